The van der Waals surface area contributed by atoms with Gasteiger partial charge in [0.1, 0.15) is 0 Å². The first-order valence-electron chi connectivity index (χ1n) is 7.64. The van der Waals surface area contributed by atoms with Gasteiger partial charge in [-0.15, -0.1) is 0 Å². The molecule has 1 amide bonds. The molecule has 2 N–H and O–H groups in total. The van der Waals surface area contributed by atoms with Crippen molar-refractivity contribution in [2.75, 3.05) is 0 Å². The molecule has 2 aromatic heterocycles. The molecule has 2 heterocycles. The number of benzene rings is 1. The molecule has 0 aliphatic heterocycles. The van der Waals surface area contributed by atoms with Crippen LogP contribution in [0, 0.1) is 0 Å². The van der Waals surface area contributed by atoms with E-state index in [1.807, 2.05) is 42.6 Å². The van der Waals surface area contributed by atoms with Crippen molar-refractivity contribution in [3.8, 4) is 0 Å². The summed E-state index contributed by atoms with van der Waals surface area (Å²) in [5.74, 6) is 0.0593. The van der Waals surface area contributed by atoms with Gasteiger partial charge < -0.3 is 10.3 Å². The number of aromatic nitrogens is 2. The van der Waals surface area contributed by atoms with Crippen molar-refractivity contribution in [3.05, 3.63) is 65.1 Å². The SMILES string of the molecule is O=C(NCc1ccccn1)C1(c2c[nH]c3ccc(Cl)cc23)CC1. The van der Waals surface area contributed by atoms with E-state index in [-0.39, 0.29) is 5.91 Å². The van der Waals surface area contributed by atoms with Crippen LogP contribution in [0.15, 0.2) is 48.8 Å². The number of aromatic amines is 1. The van der Waals surface area contributed by atoms with Gasteiger partial charge in [-0.1, -0.05) is 17.7 Å². The first kappa shape index (κ1) is 14.3. The Labute approximate surface area is 138 Å². The molecule has 1 saturated carbocycles. The van der Waals surface area contributed by atoms with E-state index in [4.69, 9.17) is 11.6 Å². The van der Waals surface area contributed by atoms with Gasteiger partial charge in [0, 0.05) is 28.3 Å². The molecule has 23 heavy (non-hydrogen) atoms. The summed E-state index contributed by atoms with van der Waals surface area (Å²) in [7, 11) is 0. The van der Waals surface area contributed by atoms with Gasteiger partial charge in [0.25, 0.3) is 0 Å². The number of hydrogen-bond acceptors (Lipinski definition) is 2. The van der Waals surface area contributed by atoms with Crippen LogP contribution < -0.4 is 5.32 Å². The molecule has 0 radical (unpaired) electrons. The minimum absolute atomic E-state index is 0.0593. The van der Waals surface area contributed by atoms with Crippen molar-refractivity contribution in [2.45, 2.75) is 24.8 Å². The van der Waals surface area contributed by atoms with Crippen molar-refractivity contribution in [2.24, 2.45) is 0 Å². The Kier molecular flexibility index (Phi) is 3.34. The highest BCUT2D eigenvalue weighted by molar-refractivity contribution is 6.31. The number of nitrogens with one attached hydrogen (secondary N) is 2. The fourth-order valence-corrected chi connectivity index (χ4v) is 3.25. The lowest BCUT2D eigenvalue weighted by molar-refractivity contribution is -0.123. The summed E-state index contributed by atoms with van der Waals surface area (Å²) in [6.07, 6.45) is 5.39. The second-order valence-corrected chi connectivity index (χ2v) is 6.41. The number of pyridine rings is 1. The highest BCUT2D eigenvalue weighted by Crippen LogP contribution is 2.50. The number of halogens is 1. The van der Waals surface area contributed by atoms with Gasteiger partial charge in [-0.2, -0.15) is 0 Å². The molecule has 0 spiro atoms. The molecular formula is C18H16ClN3O. The zero-order chi connectivity index (χ0) is 15.9. The van der Waals surface area contributed by atoms with Gasteiger partial charge >= 0.3 is 0 Å². The molecule has 1 aliphatic rings. The van der Waals surface area contributed by atoms with Crippen LogP contribution >= 0.6 is 11.6 Å². The molecule has 4 rings (SSSR count). The molecule has 0 atom stereocenters. The topological polar surface area (TPSA) is 57.8 Å². The number of carbonyl (C=O) groups excluding carboxylic acids is 1. The smallest absolute Gasteiger partial charge is 0.231 e. The van der Waals surface area contributed by atoms with Gasteiger partial charge in [-0.3, -0.25) is 9.78 Å². The molecular weight excluding hydrogens is 310 g/mol. The number of rotatable bonds is 4. The number of carbonyl (C=O) groups is 1. The summed E-state index contributed by atoms with van der Waals surface area (Å²) < 4.78 is 0. The third kappa shape index (κ3) is 2.49. The van der Waals surface area contributed by atoms with Crippen molar-refractivity contribution in [3.63, 3.8) is 0 Å². The summed E-state index contributed by atoms with van der Waals surface area (Å²) in [6.45, 7) is 0.449. The summed E-state index contributed by atoms with van der Waals surface area (Å²) in [5.41, 5.74) is 2.47. The average molecular weight is 326 g/mol. The maximum atomic E-state index is 12.7. The van der Waals surface area contributed by atoms with Gasteiger partial charge in [-0.25, -0.2) is 0 Å². The van der Waals surface area contributed by atoms with E-state index >= 15 is 0 Å². The normalized spacial score (nSPS) is 15.5. The van der Waals surface area contributed by atoms with Crippen LogP contribution in [0.5, 0.6) is 0 Å². The summed E-state index contributed by atoms with van der Waals surface area (Å²) >= 11 is 6.12. The molecule has 1 aromatic carbocycles. The van der Waals surface area contributed by atoms with E-state index in [0.29, 0.717) is 11.6 Å². The third-order valence-corrected chi connectivity index (χ3v) is 4.74. The monoisotopic (exact) mass is 325 g/mol. The predicted molar refractivity (Wildman–Crippen MR) is 90.3 cm³/mol. The molecule has 5 heteroatoms. The van der Waals surface area contributed by atoms with E-state index in [2.05, 4.69) is 15.3 Å². The van der Waals surface area contributed by atoms with E-state index in [1.54, 1.807) is 6.20 Å². The number of amides is 1. The van der Waals surface area contributed by atoms with Crippen LogP contribution in [0.1, 0.15) is 24.1 Å². The van der Waals surface area contributed by atoms with Crippen LogP contribution in [0.25, 0.3) is 10.9 Å². The fourth-order valence-electron chi connectivity index (χ4n) is 3.08. The summed E-state index contributed by atoms with van der Waals surface area (Å²) in [5, 5.41) is 4.73. The Balaban J connectivity index is 1.59. The maximum Gasteiger partial charge on any atom is 0.231 e. The second-order valence-electron chi connectivity index (χ2n) is 5.98. The molecule has 3 aromatic rings. The van der Waals surface area contributed by atoms with E-state index < -0.39 is 5.41 Å². The highest BCUT2D eigenvalue weighted by Gasteiger charge is 2.52. The quantitative estimate of drug-likeness (QED) is 0.770. The van der Waals surface area contributed by atoms with Crippen molar-refractivity contribution in [1.29, 1.82) is 0 Å². The van der Waals surface area contributed by atoms with Gasteiger partial charge in [0.15, 0.2) is 0 Å². The minimum Gasteiger partial charge on any atom is -0.361 e. The molecule has 1 fully saturated rings. The molecule has 116 valence electrons. The van der Waals surface area contributed by atoms with E-state index in [0.717, 1.165) is 35.0 Å². The molecule has 1 aliphatic carbocycles. The predicted octanol–water partition coefficient (Wildman–Crippen LogP) is 3.56. The van der Waals surface area contributed by atoms with Gasteiger partial charge in [0.05, 0.1) is 17.7 Å². The lowest BCUT2D eigenvalue weighted by atomic mass is 9.94. The fraction of sp³-hybridized carbons (Fsp3) is 0.222. The Morgan fingerprint density at radius 3 is 2.91 bits per heavy atom. The van der Waals surface area contributed by atoms with Gasteiger partial charge in [0.2, 0.25) is 5.91 Å². The van der Waals surface area contributed by atoms with Crippen LogP contribution in [-0.4, -0.2) is 15.9 Å². The molecule has 0 unspecified atom stereocenters. The lowest BCUT2D eigenvalue weighted by Crippen LogP contribution is -2.34. The Morgan fingerprint density at radius 2 is 2.17 bits per heavy atom. The average Bonchev–Trinajstić information content (AvgIpc) is 3.28. The highest BCUT2D eigenvalue weighted by atomic mass is 35.5. The van der Waals surface area contributed by atoms with Crippen LogP contribution in [0.2, 0.25) is 5.02 Å². The Bertz CT molecular complexity index is 868. The number of fused-ring (bicyclic) bond motifs is 1. The van der Waals surface area contributed by atoms with Crippen molar-refractivity contribution < 1.29 is 4.79 Å². The minimum atomic E-state index is -0.433. The van der Waals surface area contributed by atoms with E-state index in [9.17, 15) is 4.79 Å². The molecule has 0 bridgehead atoms. The van der Waals surface area contributed by atoms with Crippen LogP contribution in [0.4, 0.5) is 0 Å². The zero-order valence-electron chi connectivity index (χ0n) is 12.5. The largest absolute Gasteiger partial charge is 0.361 e. The third-order valence-electron chi connectivity index (χ3n) is 4.50. The Morgan fingerprint density at radius 1 is 1.30 bits per heavy atom. The van der Waals surface area contributed by atoms with Crippen LogP contribution in [0.3, 0.4) is 0 Å². The standard InChI is InChI=1S/C18H16ClN3O/c19-12-4-5-16-14(9-12)15(11-21-16)18(6-7-18)17(23)22-10-13-3-1-2-8-20-13/h1-5,8-9,11,21H,6-7,10H2,(H,22,23). The van der Waals surface area contributed by atoms with Crippen molar-refractivity contribution in [1.82, 2.24) is 15.3 Å². The maximum absolute atomic E-state index is 12.7. The van der Waals surface area contributed by atoms with E-state index in [1.165, 1.54) is 0 Å². The molecule has 0 saturated heterocycles. The first-order valence-corrected chi connectivity index (χ1v) is 8.02. The Hall–Kier alpha value is -2.33. The first-order chi connectivity index (χ1) is 11.2. The van der Waals surface area contributed by atoms with Crippen molar-refractivity contribution >= 4 is 28.4 Å². The zero-order valence-corrected chi connectivity index (χ0v) is 13.2. The van der Waals surface area contributed by atoms with Crippen LogP contribution in [-0.2, 0) is 16.8 Å². The molecule has 4 nitrogen and oxygen atoms in total. The second kappa shape index (κ2) is 5.39. The number of nitrogens with zero attached hydrogens (tertiary/aromatic N) is 1. The number of H-pyrrole nitrogens is 1. The lowest BCUT2D eigenvalue weighted by Gasteiger charge is -2.15. The van der Waals surface area contributed by atoms with Gasteiger partial charge in [-0.05, 0) is 48.7 Å². The summed E-state index contributed by atoms with van der Waals surface area (Å²) in [6, 6.07) is 11.4. The number of hydrogen-bond donors (Lipinski definition) is 2. The summed E-state index contributed by atoms with van der Waals surface area (Å²) in [4.78, 5) is 20.2.